The third-order valence-corrected chi connectivity index (χ3v) is 6.91. The second-order valence-electron chi connectivity index (χ2n) is 9.06. The van der Waals surface area contributed by atoms with Crippen LogP contribution in [0.3, 0.4) is 0 Å². The number of aliphatic hydroxyl groups excluding tert-OH is 2. The van der Waals surface area contributed by atoms with Crippen LogP contribution in [-0.2, 0) is 17.8 Å². The molecule has 3 atom stereocenters. The normalized spacial score (nSPS) is 20.9. The van der Waals surface area contributed by atoms with Crippen molar-refractivity contribution in [2.45, 2.75) is 50.4 Å². The molecule has 2 aliphatic rings. The lowest BCUT2D eigenvalue weighted by atomic mass is 9.89. The van der Waals surface area contributed by atoms with Crippen LogP contribution in [0.5, 0.6) is 5.75 Å². The van der Waals surface area contributed by atoms with E-state index < -0.39 is 6.10 Å². The Hall–Kier alpha value is -1.87. The molecule has 0 spiro atoms. The highest BCUT2D eigenvalue weighted by molar-refractivity contribution is 5.96. The van der Waals surface area contributed by atoms with Gasteiger partial charge in [0.25, 0.3) is 0 Å². The molecule has 3 N–H and O–H groups in total. The maximum absolute atomic E-state index is 12.2. The Kier molecular flexibility index (Phi) is 11.3. The minimum absolute atomic E-state index is 0. The van der Waals surface area contributed by atoms with Crippen LogP contribution in [0.15, 0.2) is 42.5 Å². The second kappa shape index (κ2) is 13.4. The highest BCUT2D eigenvalue weighted by atomic mass is 35.5. The van der Waals surface area contributed by atoms with Crippen molar-refractivity contribution in [2.24, 2.45) is 0 Å². The van der Waals surface area contributed by atoms with Gasteiger partial charge in [-0.2, -0.15) is 0 Å². The molecule has 2 aliphatic heterocycles. The number of fused-ring (bicyclic) bond motifs is 1. The van der Waals surface area contributed by atoms with E-state index in [9.17, 15) is 15.0 Å². The number of halogens is 2. The monoisotopic (exact) mass is 525 g/mol. The van der Waals surface area contributed by atoms with Crippen LogP contribution in [0.4, 0.5) is 5.69 Å². The highest BCUT2D eigenvalue weighted by Gasteiger charge is 2.33. The Morgan fingerprint density at radius 2 is 1.91 bits per heavy atom. The van der Waals surface area contributed by atoms with Gasteiger partial charge in [-0.3, -0.25) is 9.69 Å². The molecule has 7 nitrogen and oxygen atoms in total. The zero-order chi connectivity index (χ0) is 23.4. The predicted molar refractivity (Wildman–Crippen MR) is 143 cm³/mol. The van der Waals surface area contributed by atoms with E-state index >= 15 is 0 Å². The first-order valence-electron chi connectivity index (χ1n) is 11.8. The molecule has 194 valence electrons. The summed E-state index contributed by atoms with van der Waals surface area (Å²) < 4.78 is 5.70. The van der Waals surface area contributed by atoms with Gasteiger partial charge in [0.2, 0.25) is 5.91 Å². The van der Waals surface area contributed by atoms with Gasteiger partial charge in [0.15, 0.2) is 0 Å². The molecule has 0 bridgehead atoms. The molecule has 0 radical (unpaired) electrons. The van der Waals surface area contributed by atoms with Crippen LogP contribution >= 0.6 is 24.8 Å². The number of benzene rings is 2. The van der Waals surface area contributed by atoms with Crippen LogP contribution in [0, 0.1) is 0 Å². The van der Waals surface area contributed by atoms with E-state index in [1.165, 1.54) is 5.56 Å². The van der Waals surface area contributed by atoms with Crippen LogP contribution in [0.2, 0.25) is 0 Å². The summed E-state index contributed by atoms with van der Waals surface area (Å²) in [5.41, 5.74) is 4.32. The van der Waals surface area contributed by atoms with Crippen molar-refractivity contribution in [3.8, 4) is 5.75 Å². The van der Waals surface area contributed by atoms with Crippen LogP contribution < -0.4 is 15.0 Å². The number of piperidine rings is 1. The Morgan fingerprint density at radius 1 is 1.17 bits per heavy atom. The number of aliphatic hydroxyl groups is 2. The summed E-state index contributed by atoms with van der Waals surface area (Å²) in [5.74, 6) is 0.977. The van der Waals surface area contributed by atoms with E-state index in [1.54, 1.807) is 12.0 Å². The van der Waals surface area contributed by atoms with Gasteiger partial charge in [0, 0.05) is 43.9 Å². The van der Waals surface area contributed by atoms with Crippen molar-refractivity contribution < 1.29 is 19.7 Å². The number of methoxy groups -OCH3 is 1. The first kappa shape index (κ1) is 29.4. The maximum atomic E-state index is 12.2. The van der Waals surface area contributed by atoms with E-state index in [0.717, 1.165) is 48.4 Å². The summed E-state index contributed by atoms with van der Waals surface area (Å²) in [7, 11) is 3.52. The molecule has 0 aliphatic carbocycles. The van der Waals surface area contributed by atoms with Crippen molar-refractivity contribution in [1.82, 2.24) is 10.2 Å². The lowest BCUT2D eigenvalue weighted by Gasteiger charge is -2.43. The number of rotatable bonds is 8. The number of nitrogens with one attached hydrogen (secondary N) is 1. The van der Waals surface area contributed by atoms with E-state index in [0.29, 0.717) is 19.5 Å². The summed E-state index contributed by atoms with van der Waals surface area (Å²) in [4.78, 5) is 16.2. The third-order valence-electron chi connectivity index (χ3n) is 6.91. The highest BCUT2D eigenvalue weighted by Crippen LogP contribution is 2.35. The van der Waals surface area contributed by atoms with Crippen molar-refractivity contribution >= 4 is 36.4 Å². The molecule has 35 heavy (non-hydrogen) atoms. The van der Waals surface area contributed by atoms with Crippen molar-refractivity contribution in [2.75, 3.05) is 38.8 Å². The molecule has 0 aromatic heterocycles. The number of amides is 1. The number of hydrogen-bond acceptors (Lipinski definition) is 6. The van der Waals surface area contributed by atoms with Crippen molar-refractivity contribution in [3.05, 3.63) is 59.2 Å². The fraction of sp³-hybridized carbons (Fsp3) is 0.500. The van der Waals surface area contributed by atoms with Gasteiger partial charge in [-0.1, -0.05) is 30.3 Å². The average Bonchev–Trinajstić information content (AvgIpc) is 2.85. The van der Waals surface area contributed by atoms with Gasteiger partial charge < -0.3 is 25.2 Å². The number of ether oxygens (including phenoxy) is 1. The zero-order valence-electron chi connectivity index (χ0n) is 20.4. The van der Waals surface area contributed by atoms with Gasteiger partial charge in [-0.05, 0) is 49.1 Å². The average molecular weight is 527 g/mol. The van der Waals surface area contributed by atoms with Gasteiger partial charge in [-0.25, -0.2) is 0 Å². The number of carbonyl (C=O) groups is 1. The maximum Gasteiger partial charge on any atom is 0.227 e. The van der Waals surface area contributed by atoms with Crippen molar-refractivity contribution in [3.63, 3.8) is 0 Å². The zero-order valence-corrected chi connectivity index (χ0v) is 22.0. The SMILES string of the molecule is COc1cc2c(cc1CNC1CCCN(CC(O)CO)C1c1ccccc1)N(C)C(=O)CC2.Cl.Cl. The van der Waals surface area contributed by atoms with E-state index in [2.05, 4.69) is 34.5 Å². The first-order valence-corrected chi connectivity index (χ1v) is 11.8. The summed E-state index contributed by atoms with van der Waals surface area (Å²) in [6.45, 7) is 1.69. The largest absolute Gasteiger partial charge is 0.496 e. The molecule has 4 rings (SSSR count). The molecular weight excluding hydrogens is 489 g/mol. The molecule has 2 heterocycles. The molecule has 1 saturated heterocycles. The molecule has 2 aromatic carbocycles. The van der Waals surface area contributed by atoms with E-state index in [4.69, 9.17) is 4.74 Å². The minimum Gasteiger partial charge on any atom is -0.496 e. The van der Waals surface area contributed by atoms with Gasteiger partial charge in [-0.15, -0.1) is 24.8 Å². The predicted octanol–water partition coefficient (Wildman–Crippen LogP) is 3.10. The Bertz CT molecular complexity index is 963. The Labute approximate surface area is 220 Å². The number of likely N-dealkylation sites (tertiary alicyclic amines) is 1. The van der Waals surface area contributed by atoms with Gasteiger partial charge >= 0.3 is 0 Å². The smallest absolute Gasteiger partial charge is 0.227 e. The minimum atomic E-state index is -0.760. The van der Waals surface area contributed by atoms with E-state index in [1.807, 2.05) is 25.2 Å². The van der Waals surface area contributed by atoms with Gasteiger partial charge in [0.1, 0.15) is 5.75 Å². The quantitative estimate of drug-likeness (QED) is 0.491. The standard InChI is InChI=1S/C26H35N3O4.2ClH/c1-28-23-13-20(24(33-2)14-19(23)10-11-25(28)32)15-27-22-9-6-12-29(16-21(31)17-30)26(22)18-7-4-3-5-8-18;;/h3-5,7-8,13-14,21-22,26-27,30-31H,6,9-12,15-17H2,1-2H3;2*1H. The first-order chi connectivity index (χ1) is 16.0. The molecule has 3 unspecified atom stereocenters. The molecular formula is C26H37Cl2N3O4. The Morgan fingerprint density at radius 3 is 2.60 bits per heavy atom. The number of nitrogens with zero attached hydrogens (tertiary/aromatic N) is 2. The summed E-state index contributed by atoms with van der Waals surface area (Å²) in [5, 5.41) is 23.3. The number of β-amino-alcohol motifs (C(OH)–C–C–N with tert-alkyl or cyclic N) is 1. The third kappa shape index (κ3) is 6.67. The molecule has 0 saturated carbocycles. The van der Waals surface area contributed by atoms with Gasteiger partial charge in [0.05, 0.1) is 25.9 Å². The van der Waals surface area contributed by atoms with Crippen LogP contribution in [-0.4, -0.2) is 67.0 Å². The fourth-order valence-corrected chi connectivity index (χ4v) is 5.19. The lowest BCUT2D eigenvalue weighted by Crippen LogP contribution is -2.50. The second-order valence-corrected chi connectivity index (χ2v) is 9.06. The molecule has 2 aromatic rings. The fourth-order valence-electron chi connectivity index (χ4n) is 5.19. The molecule has 9 heteroatoms. The summed E-state index contributed by atoms with van der Waals surface area (Å²) in [6, 6.07) is 14.8. The lowest BCUT2D eigenvalue weighted by molar-refractivity contribution is -0.118. The summed E-state index contributed by atoms with van der Waals surface area (Å²) in [6.07, 6.45) is 2.53. The number of carbonyl (C=O) groups excluding carboxylic acids is 1. The van der Waals surface area contributed by atoms with Crippen molar-refractivity contribution in [1.29, 1.82) is 0 Å². The number of aryl methyl sites for hydroxylation is 1. The topological polar surface area (TPSA) is 85.3 Å². The van der Waals surface area contributed by atoms with Crippen LogP contribution in [0.25, 0.3) is 0 Å². The summed E-state index contributed by atoms with van der Waals surface area (Å²) >= 11 is 0. The Balaban J connectivity index is 0.00000216. The van der Waals surface area contributed by atoms with Crippen LogP contribution in [0.1, 0.15) is 42.0 Å². The number of anilines is 1. The number of hydrogen-bond donors (Lipinski definition) is 3. The molecule has 1 fully saturated rings. The van der Waals surface area contributed by atoms with E-state index in [-0.39, 0.29) is 49.4 Å². The molecule has 1 amide bonds.